The lowest BCUT2D eigenvalue weighted by Gasteiger charge is -2.10. The van der Waals surface area contributed by atoms with Crippen LogP contribution in [-0.2, 0) is 22.5 Å². The van der Waals surface area contributed by atoms with Crippen LogP contribution in [-0.4, -0.2) is 29.5 Å². The summed E-state index contributed by atoms with van der Waals surface area (Å²) in [4.78, 5) is 17.2. The fourth-order valence-corrected chi connectivity index (χ4v) is 4.08. The molecule has 1 aliphatic carbocycles. The highest BCUT2D eigenvalue weighted by Gasteiger charge is 2.22. The number of benzene rings is 2. The predicted octanol–water partition coefficient (Wildman–Crippen LogP) is 4.67. The SMILES string of the molecule is C/C(=N/OCC(=O)N/N=C\c1c(O)c(Br)cc2oc3c(c12)CCCC3)c1ccccc1. The van der Waals surface area contributed by atoms with E-state index in [1.807, 2.05) is 30.3 Å². The van der Waals surface area contributed by atoms with E-state index in [1.54, 1.807) is 13.0 Å². The zero-order chi connectivity index (χ0) is 21.8. The average molecular weight is 484 g/mol. The van der Waals surface area contributed by atoms with Gasteiger partial charge in [0.1, 0.15) is 17.1 Å². The molecule has 2 N–H and O–H groups in total. The molecule has 1 heterocycles. The Kier molecular flexibility index (Phi) is 6.36. The van der Waals surface area contributed by atoms with Gasteiger partial charge in [0.2, 0.25) is 0 Å². The quantitative estimate of drug-likeness (QED) is 0.393. The van der Waals surface area contributed by atoms with Crippen LogP contribution in [0.1, 0.15) is 42.2 Å². The van der Waals surface area contributed by atoms with Crippen molar-refractivity contribution in [3.63, 3.8) is 0 Å². The number of amides is 1. The summed E-state index contributed by atoms with van der Waals surface area (Å²) in [7, 11) is 0. The standard InChI is InChI=1S/C23H22BrN3O4/c1-14(15-7-3-2-4-8-15)27-30-13-21(28)26-25-12-17-22-16-9-5-6-10-19(16)31-20(22)11-18(24)23(17)29/h2-4,7-8,11-12,29H,5-6,9-10,13H2,1H3,(H,26,28)/b25-12-,27-14-. The molecule has 0 atom stereocenters. The molecule has 0 unspecified atom stereocenters. The lowest BCUT2D eigenvalue weighted by molar-refractivity contribution is -0.125. The molecule has 0 saturated heterocycles. The number of carbonyl (C=O) groups excluding carboxylic acids is 1. The molecule has 0 radical (unpaired) electrons. The molecule has 1 aromatic heterocycles. The first kappa shape index (κ1) is 21.1. The number of halogens is 1. The zero-order valence-corrected chi connectivity index (χ0v) is 18.6. The molecule has 2 aromatic carbocycles. The molecular weight excluding hydrogens is 462 g/mol. The number of rotatable bonds is 6. The van der Waals surface area contributed by atoms with Gasteiger partial charge in [0, 0.05) is 22.9 Å². The number of carbonyl (C=O) groups is 1. The number of nitrogens with zero attached hydrogens (tertiary/aromatic N) is 2. The third kappa shape index (κ3) is 4.64. The van der Waals surface area contributed by atoms with Crippen molar-refractivity contribution in [3.8, 4) is 5.75 Å². The molecule has 3 aromatic rings. The number of fused-ring (bicyclic) bond motifs is 3. The molecule has 0 spiro atoms. The van der Waals surface area contributed by atoms with Crippen LogP contribution in [0.2, 0.25) is 0 Å². The second kappa shape index (κ2) is 9.34. The van der Waals surface area contributed by atoms with Gasteiger partial charge >= 0.3 is 0 Å². The number of phenols is 1. The van der Waals surface area contributed by atoms with Crippen molar-refractivity contribution >= 4 is 44.7 Å². The summed E-state index contributed by atoms with van der Waals surface area (Å²) in [6.07, 6.45) is 5.38. The molecule has 4 rings (SSSR count). The number of hydrogen-bond acceptors (Lipinski definition) is 6. The number of nitrogens with one attached hydrogen (secondary N) is 1. The lowest BCUT2D eigenvalue weighted by Crippen LogP contribution is -2.22. The number of oxime groups is 1. The third-order valence-corrected chi connectivity index (χ3v) is 5.78. The first-order valence-corrected chi connectivity index (χ1v) is 10.8. The maximum absolute atomic E-state index is 12.0. The number of hydrazone groups is 1. The van der Waals surface area contributed by atoms with Gasteiger partial charge in [0.15, 0.2) is 6.61 Å². The largest absolute Gasteiger partial charge is 0.506 e. The molecule has 8 heteroatoms. The van der Waals surface area contributed by atoms with Crippen molar-refractivity contribution in [2.45, 2.75) is 32.6 Å². The Morgan fingerprint density at radius 3 is 2.87 bits per heavy atom. The van der Waals surface area contributed by atoms with E-state index in [4.69, 9.17) is 9.25 Å². The van der Waals surface area contributed by atoms with Gasteiger partial charge in [-0.3, -0.25) is 4.79 Å². The fourth-order valence-electron chi connectivity index (χ4n) is 3.66. The van der Waals surface area contributed by atoms with Gasteiger partial charge in [-0.25, -0.2) is 5.43 Å². The monoisotopic (exact) mass is 483 g/mol. The van der Waals surface area contributed by atoms with Gasteiger partial charge in [-0.1, -0.05) is 35.5 Å². The van der Waals surface area contributed by atoms with E-state index in [-0.39, 0.29) is 12.4 Å². The number of aromatic hydroxyl groups is 1. The summed E-state index contributed by atoms with van der Waals surface area (Å²) >= 11 is 3.35. The van der Waals surface area contributed by atoms with Gasteiger partial charge in [-0.05, 0) is 53.7 Å². The molecule has 0 aliphatic heterocycles. The number of furan rings is 1. The maximum atomic E-state index is 12.0. The topological polar surface area (TPSA) is 96.4 Å². The molecule has 7 nitrogen and oxygen atoms in total. The molecule has 0 saturated carbocycles. The normalized spacial score (nSPS) is 14.1. The fraction of sp³-hybridized carbons (Fsp3) is 0.261. The number of phenolic OH excluding ortho intramolecular Hbond substituents is 1. The van der Waals surface area contributed by atoms with E-state index >= 15 is 0 Å². The van der Waals surface area contributed by atoms with Gasteiger partial charge in [-0.2, -0.15) is 5.10 Å². The minimum Gasteiger partial charge on any atom is -0.506 e. The average Bonchev–Trinajstić information content (AvgIpc) is 3.14. The summed E-state index contributed by atoms with van der Waals surface area (Å²) in [6, 6.07) is 11.3. The number of aryl methyl sites for hydroxylation is 2. The van der Waals surface area contributed by atoms with Crippen molar-refractivity contribution in [1.82, 2.24) is 5.43 Å². The summed E-state index contributed by atoms with van der Waals surface area (Å²) in [5, 5.41) is 19.4. The van der Waals surface area contributed by atoms with Crippen molar-refractivity contribution in [1.29, 1.82) is 0 Å². The first-order valence-electron chi connectivity index (χ1n) is 10.0. The maximum Gasteiger partial charge on any atom is 0.280 e. The molecular formula is C23H22BrN3O4. The summed E-state index contributed by atoms with van der Waals surface area (Å²) in [5.74, 6) is 0.553. The summed E-state index contributed by atoms with van der Waals surface area (Å²) in [6.45, 7) is 1.53. The van der Waals surface area contributed by atoms with E-state index in [9.17, 15) is 9.90 Å². The Morgan fingerprint density at radius 1 is 1.29 bits per heavy atom. The van der Waals surface area contributed by atoms with Crippen molar-refractivity contribution in [2.75, 3.05) is 6.61 Å². The molecule has 31 heavy (non-hydrogen) atoms. The molecule has 1 amide bonds. The number of hydrogen-bond donors (Lipinski definition) is 2. The van der Waals surface area contributed by atoms with E-state index in [0.717, 1.165) is 48.0 Å². The summed E-state index contributed by atoms with van der Waals surface area (Å²) < 4.78 is 6.49. The van der Waals surface area contributed by atoms with Crippen molar-refractivity contribution in [3.05, 3.63) is 63.3 Å². The van der Waals surface area contributed by atoms with Gasteiger partial charge in [0.05, 0.1) is 16.4 Å². The highest BCUT2D eigenvalue weighted by molar-refractivity contribution is 9.10. The minimum atomic E-state index is -0.458. The molecule has 160 valence electrons. The predicted molar refractivity (Wildman–Crippen MR) is 123 cm³/mol. The van der Waals surface area contributed by atoms with Crippen molar-refractivity contribution in [2.24, 2.45) is 10.3 Å². The highest BCUT2D eigenvalue weighted by atomic mass is 79.9. The lowest BCUT2D eigenvalue weighted by atomic mass is 9.94. The Morgan fingerprint density at radius 2 is 2.06 bits per heavy atom. The molecule has 1 aliphatic rings. The molecule has 0 fully saturated rings. The van der Waals surface area contributed by atoms with Gasteiger partial charge < -0.3 is 14.4 Å². The van der Waals surface area contributed by atoms with E-state index in [2.05, 4.69) is 31.6 Å². The Labute approximate surface area is 187 Å². The van der Waals surface area contributed by atoms with Crippen LogP contribution < -0.4 is 5.43 Å². The van der Waals surface area contributed by atoms with Crippen LogP contribution in [0.4, 0.5) is 0 Å². The van der Waals surface area contributed by atoms with Crippen LogP contribution >= 0.6 is 15.9 Å². The summed E-state index contributed by atoms with van der Waals surface area (Å²) in [5.41, 5.74) is 6.30. The Balaban J connectivity index is 1.44. The van der Waals surface area contributed by atoms with Crippen LogP contribution in [0.3, 0.4) is 0 Å². The van der Waals surface area contributed by atoms with Gasteiger partial charge in [-0.15, -0.1) is 0 Å². The smallest absolute Gasteiger partial charge is 0.280 e. The van der Waals surface area contributed by atoms with Gasteiger partial charge in [0.25, 0.3) is 5.91 Å². The van der Waals surface area contributed by atoms with Crippen LogP contribution in [0.15, 0.2) is 55.5 Å². The van der Waals surface area contributed by atoms with E-state index in [0.29, 0.717) is 21.3 Å². The minimum absolute atomic E-state index is 0.0546. The van der Waals surface area contributed by atoms with Crippen LogP contribution in [0.5, 0.6) is 5.75 Å². The second-order valence-corrected chi connectivity index (χ2v) is 8.17. The zero-order valence-electron chi connectivity index (χ0n) is 17.0. The van der Waals surface area contributed by atoms with Crippen LogP contribution in [0, 0.1) is 0 Å². The van der Waals surface area contributed by atoms with Crippen molar-refractivity contribution < 1.29 is 19.2 Å². The van der Waals surface area contributed by atoms with E-state index < -0.39 is 5.91 Å². The Hall–Kier alpha value is -3.13. The van der Waals surface area contributed by atoms with E-state index in [1.165, 1.54) is 6.21 Å². The Bertz CT molecular complexity index is 1170. The third-order valence-electron chi connectivity index (χ3n) is 5.18. The highest BCUT2D eigenvalue weighted by Crippen LogP contribution is 2.40. The molecule has 0 bridgehead atoms. The second-order valence-electron chi connectivity index (χ2n) is 7.31. The van der Waals surface area contributed by atoms with Crippen LogP contribution in [0.25, 0.3) is 11.0 Å². The first-order chi connectivity index (χ1) is 15.0.